The number of fused-ring (bicyclic) bond motifs is 2. The molecule has 0 atom stereocenters. The van der Waals surface area contributed by atoms with Crippen LogP contribution in [0.1, 0.15) is 38.5 Å². The highest BCUT2D eigenvalue weighted by molar-refractivity contribution is 7.71. The van der Waals surface area contributed by atoms with Crippen LogP contribution >= 0.6 is 7.14 Å². The van der Waals surface area contributed by atoms with Crippen molar-refractivity contribution in [3.63, 3.8) is 0 Å². The Bertz CT molecular complexity index is 2530. The zero-order valence-corrected chi connectivity index (χ0v) is 32.7. The number of piperidine rings is 2. The molecule has 17 heteroatoms. The first-order chi connectivity index (χ1) is 26.9. The van der Waals surface area contributed by atoms with Gasteiger partial charge >= 0.3 is 0 Å². The highest BCUT2D eigenvalue weighted by Crippen LogP contribution is 2.48. The number of methoxy groups -OCH3 is 1. The highest BCUT2D eigenvalue weighted by atomic mass is 31.2. The number of amides is 1. The number of aromatic amines is 1. The number of imidazole rings is 1. The molecule has 2 aliphatic heterocycles. The van der Waals surface area contributed by atoms with Crippen molar-refractivity contribution in [1.29, 1.82) is 0 Å². The molecule has 6 aromatic rings. The van der Waals surface area contributed by atoms with Gasteiger partial charge in [-0.05, 0) is 75.5 Å². The monoisotopic (exact) mass is 778 g/mol. The number of carbonyl (C=O) groups is 1. The van der Waals surface area contributed by atoms with Gasteiger partial charge in [0.05, 0.1) is 41.8 Å². The Morgan fingerprint density at radius 2 is 1.68 bits per heavy atom. The molecule has 1 aliphatic carbocycles. The van der Waals surface area contributed by atoms with Crippen LogP contribution in [0.5, 0.6) is 5.75 Å². The fourth-order valence-corrected chi connectivity index (χ4v) is 9.69. The number of H-pyrrole nitrogens is 1. The number of aryl methyl sites for hydroxylation is 1. The van der Waals surface area contributed by atoms with E-state index in [1.807, 2.05) is 37.6 Å². The van der Waals surface area contributed by atoms with E-state index in [-0.39, 0.29) is 17.3 Å². The SMILES string of the molecule is COc1cc(N2CCC3(CCN(C(=O)C4(F)CC4)CC3)CC2)c(-c2cnn(C)c2)cc1Nc1nc(Nc2ccc3nccnc3c2P(C)(C)=O)c2nc[nH]c2n1. The van der Waals surface area contributed by atoms with Gasteiger partial charge < -0.3 is 34.7 Å². The number of alkyl halides is 1. The lowest BCUT2D eigenvalue weighted by Crippen LogP contribution is -2.50. The average molecular weight is 779 g/mol. The number of nitrogens with zero attached hydrogens (tertiary/aromatic N) is 9. The van der Waals surface area contributed by atoms with Crippen LogP contribution in [0.15, 0.2) is 55.4 Å². The molecule has 4 aromatic heterocycles. The zero-order valence-electron chi connectivity index (χ0n) is 31.8. The number of hydrogen-bond acceptors (Lipinski definition) is 12. The average Bonchev–Trinajstić information content (AvgIpc) is 3.52. The lowest BCUT2D eigenvalue weighted by Gasteiger charge is -2.48. The van der Waals surface area contributed by atoms with Crippen LogP contribution in [-0.2, 0) is 16.4 Å². The van der Waals surface area contributed by atoms with Gasteiger partial charge in [0.1, 0.15) is 18.4 Å². The van der Waals surface area contributed by atoms with Crippen LogP contribution in [0.4, 0.5) is 33.2 Å². The van der Waals surface area contributed by atoms with E-state index in [0.29, 0.717) is 76.4 Å². The van der Waals surface area contributed by atoms with Crippen LogP contribution in [0.3, 0.4) is 0 Å². The van der Waals surface area contributed by atoms with E-state index >= 15 is 0 Å². The summed E-state index contributed by atoms with van der Waals surface area (Å²) in [5, 5.41) is 11.9. The van der Waals surface area contributed by atoms with Crippen molar-refractivity contribution >= 4 is 69.4 Å². The molecule has 3 N–H and O–H groups in total. The summed E-state index contributed by atoms with van der Waals surface area (Å²) in [5.41, 5.74) is 4.95. The molecular weight excluding hydrogens is 734 g/mol. The number of nitrogens with one attached hydrogen (secondary N) is 3. The van der Waals surface area contributed by atoms with Crippen molar-refractivity contribution in [2.75, 3.05) is 62.2 Å². The molecule has 0 radical (unpaired) electrons. The second-order valence-electron chi connectivity index (χ2n) is 15.7. The highest BCUT2D eigenvalue weighted by Gasteiger charge is 2.53. The molecule has 3 aliphatic rings. The molecule has 2 aromatic carbocycles. The third-order valence-corrected chi connectivity index (χ3v) is 13.1. The number of ether oxygens (including phenoxy) is 1. The van der Waals surface area contributed by atoms with Crippen LogP contribution < -0.4 is 25.6 Å². The Balaban J connectivity index is 1.02. The molecule has 0 bridgehead atoms. The molecule has 2 saturated heterocycles. The van der Waals surface area contributed by atoms with E-state index in [4.69, 9.17) is 14.7 Å². The van der Waals surface area contributed by atoms with Gasteiger partial charge in [0.25, 0.3) is 5.91 Å². The minimum absolute atomic E-state index is 0.140. The summed E-state index contributed by atoms with van der Waals surface area (Å²) < 4.78 is 36.0. The normalized spacial score (nSPS) is 17.7. The fourth-order valence-electron chi connectivity index (χ4n) is 8.30. The van der Waals surface area contributed by atoms with Gasteiger partial charge in [-0.25, -0.2) is 9.37 Å². The summed E-state index contributed by atoms with van der Waals surface area (Å²) in [4.78, 5) is 43.0. The van der Waals surface area contributed by atoms with Gasteiger partial charge in [-0.3, -0.25) is 19.4 Å². The molecule has 1 amide bonds. The molecule has 6 heterocycles. The minimum atomic E-state index is -2.84. The molecule has 56 heavy (non-hydrogen) atoms. The van der Waals surface area contributed by atoms with Crippen LogP contribution in [0, 0.1) is 5.41 Å². The third kappa shape index (κ3) is 6.59. The topological polar surface area (TPSA) is 172 Å². The quantitative estimate of drug-likeness (QED) is 0.143. The van der Waals surface area contributed by atoms with E-state index in [0.717, 1.165) is 55.6 Å². The Kier molecular flexibility index (Phi) is 8.71. The predicted octanol–water partition coefficient (Wildman–Crippen LogP) is 6.15. The van der Waals surface area contributed by atoms with Gasteiger partial charge in [0.15, 0.2) is 22.7 Å². The summed E-state index contributed by atoms with van der Waals surface area (Å²) in [7, 11) is 0.699. The number of likely N-dealkylation sites (tertiary alicyclic amines) is 1. The van der Waals surface area contributed by atoms with Gasteiger partial charge in [0, 0.05) is 74.7 Å². The summed E-state index contributed by atoms with van der Waals surface area (Å²) in [5.74, 6) is 0.994. The first-order valence-corrected chi connectivity index (χ1v) is 21.5. The summed E-state index contributed by atoms with van der Waals surface area (Å²) in [6, 6.07) is 7.77. The van der Waals surface area contributed by atoms with Crippen molar-refractivity contribution in [2.45, 2.75) is 44.2 Å². The van der Waals surface area contributed by atoms with Crippen molar-refractivity contribution in [2.24, 2.45) is 12.5 Å². The van der Waals surface area contributed by atoms with Gasteiger partial charge in [0.2, 0.25) is 5.95 Å². The standard InChI is InChI=1S/C39H44FN12O3P/c1-50-22-24(21-45-50)25-19-28(30(55-2)20-29(25)51-15-9-38(10-16-51)11-17-52(18-12-38)36(53)39(40)7-8-39)47-37-48-34-32(43-23-44-34)35(49-37)46-27-6-5-26-31(42-14-13-41-26)33(27)56(3,4)54/h5-6,13-14,19-23H,7-12,15-18H2,1-4H3,(H3,43,44,46,47,48,49). The third-order valence-electron chi connectivity index (χ3n) is 11.6. The van der Waals surface area contributed by atoms with Crippen molar-refractivity contribution in [3.05, 3.63) is 55.4 Å². The largest absolute Gasteiger partial charge is 0.494 e. The summed E-state index contributed by atoms with van der Waals surface area (Å²) in [6.07, 6.45) is 13.1. The first kappa shape index (κ1) is 36.0. The maximum atomic E-state index is 14.5. The van der Waals surface area contributed by atoms with E-state index in [1.165, 1.54) is 0 Å². The van der Waals surface area contributed by atoms with Crippen molar-refractivity contribution < 1.29 is 18.5 Å². The van der Waals surface area contributed by atoms with Gasteiger partial charge in [-0.1, -0.05) is 0 Å². The van der Waals surface area contributed by atoms with Gasteiger partial charge in [-0.15, -0.1) is 0 Å². The lowest BCUT2D eigenvalue weighted by molar-refractivity contribution is -0.140. The number of hydrogen-bond donors (Lipinski definition) is 3. The van der Waals surface area contributed by atoms with Crippen LogP contribution in [-0.4, -0.2) is 103 Å². The van der Waals surface area contributed by atoms with E-state index in [9.17, 15) is 13.8 Å². The summed E-state index contributed by atoms with van der Waals surface area (Å²) >= 11 is 0. The minimum Gasteiger partial charge on any atom is -0.494 e. The van der Waals surface area contributed by atoms with E-state index < -0.39 is 12.8 Å². The van der Waals surface area contributed by atoms with Crippen LogP contribution in [0.25, 0.3) is 33.3 Å². The Hall–Kier alpha value is -5.63. The Labute approximate surface area is 322 Å². The van der Waals surface area contributed by atoms with Gasteiger partial charge in [-0.2, -0.15) is 15.1 Å². The zero-order chi connectivity index (χ0) is 38.8. The smallest absolute Gasteiger partial charge is 0.260 e. The number of benzene rings is 2. The predicted molar refractivity (Wildman–Crippen MR) is 215 cm³/mol. The second-order valence-corrected chi connectivity index (χ2v) is 18.8. The molecule has 1 saturated carbocycles. The van der Waals surface area contributed by atoms with Crippen LogP contribution in [0.2, 0.25) is 0 Å². The van der Waals surface area contributed by atoms with E-state index in [2.05, 4.69) is 46.6 Å². The number of carbonyl (C=O) groups excluding carboxylic acids is 1. The fraction of sp³-hybridized carbons (Fsp3) is 0.410. The molecule has 15 nitrogen and oxygen atoms in total. The molecule has 9 rings (SSSR count). The summed E-state index contributed by atoms with van der Waals surface area (Å²) in [6.45, 7) is 6.34. The lowest BCUT2D eigenvalue weighted by atomic mass is 9.71. The molecule has 1 spiro atoms. The Morgan fingerprint density at radius 1 is 0.929 bits per heavy atom. The molecule has 0 unspecified atom stereocenters. The number of rotatable bonds is 9. The van der Waals surface area contributed by atoms with Crippen molar-refractivity contribution in [1.82, 2.24) is 44.6 Å². The number of aromatic nitrogens is 8. The number of halogens is 1. The maximum absolute atomic E-state index is 14.5. The molecule has 3 fully saturated rings. The number of anilines is 5. The first-order valence-electron chi connectivity index (χ1n) is 18.9. The Morgan fingerprint density at radius 3 is 2.38 bits per heavy atom. The molecular formula is C39H44FN12O3P. The maximum Gasteiger partial charge on any atom is 0.260 e. The van der Waals surface area contributed by atoms with Crippen molar-refractivity contribution in [3.8, 4) is 16.9 Å². The second kappa shape index (κ2) is 13.5. The van der Waals surface area contributed by atoms with E-state index in [1.54, 1.807) is 48.7 Å². The molecule has 290 valence electrons.